The Morgan fingerprint density at radius 2 is 0.895 bits per heavy atom. The number of benzene rings is 4. The quantitative estimate of drug-likeness (QED) is 0.150. The average molecular weight is 873 g/mol. The molecule has 0 saturated heterocycles. The molecule has 284 valence electrons. The van der Waals surface area contributed by atoms with Crippen molar-refractivity contribution in [2.75, 3.05) is 0 Å². The molecule has 57 heavy (non-hydrogen) atoms. The molecule has 0 bridgehead atoms. The van der Waals surface area contributed by atoms with Crippen molar-refractivity contribution >= 4 is 103 Å². The highest BCUT2D eigenvalue weighted by molar-refractivity contribution is 8.09. The molecule has 12 heteroatoms. The Balaban J connectivity index is 0.861. The molecule has 5 aromatic heterocycles. The lowest BCUT2D eigenvalue weighted by molar-refractivity contribution is -0.138. The summed E-state index contributed by atoms with van der Waals surface area (Å²) < 4.78 is 83.3. The van der Waals surface area contributed by atoms with Crippen molar-refractivity contribution in [1.82, 2.24) is 0 Å². The fraction of sp³-hybridized carbons (Fsp3) is 0.111. The van der Waals surface area contributed by atoms with Crippen molar-refractivity contribution in [2.45, 2.75) is 30.4 Å². The van der Waals surface area contributed by atoms with Gasteiger partial charge in [-0.2, -0.15) is 26.3 Å². The summed E-state index contributed by atoms with van der Waals surface area (Å²) in [7, 11) is 0. The van der Waals surface area contributed by atoms with Crippen molar-refractivity contribution in [1.29, 1.82) is 0 Å². The predicted molar refractivity (Wildman–Crippen MR) is 234 cm³/mol. The van der Waals surface area contributed by atoms with E-state index in [1.54, 1.807) is 46.1 Å². The van der Waals surface area contributed by atoms with E-state index in [1.807, 2.05) is 52.6 Å². The van der Waals surface area contributed by atoms with E-state index in [0.29, 0.717) is 0 Å². The van der Waals surface area contributed by atoms with Crippen LogP contribution in [0, 0.1) is 0 Å². The molecule has 1 atom stereocenters. The number of allylic oxidation sites excluding steroid dienone is 1. The third-order valence-corrected chi connectivity index (χ3v) is 18.2. The summed E-state index contributed by atoms with van der Waals surface area (Å²) in [6, 6.07) is 36.6. The van der Waals surface area contributed by atoms with Crippen molar-refractivity contribution in [3.8, 4) is 41.1 Å². The van der Waals surface area contributed by atoms with Gasteiger partial charge < -0.3 is 0 Å². The Morgan fingerprint density at radius 1 is 0.456 bits per heavy atom. The van der Waals surface area contributed by atoms with Crippen molar-refractivity contribution in [3.05, 3.63) is 149 Å². The second-order valence-corrected chi connectivity index (χ2v) is 20.9. The maximum atomic E-state index is 13.1. The van der Waals surface area contributed by atoms with Gasteiger partial charge in [0.1, 0.15) is 0 Å². The highest BCUT2D eigenvalue weighted by Gasteiger charge is 2.35. The van der Waals surface area contributed by atoms with E-state index in [4.69, 9.17) is 0 Å². The van der Waals surface area contributed by atoms with Crippen LogP contribution < -0.4 is 0 Å². The summed E-state index contributed by atoms with van der Waals surface area (Å²) in [5, 5.41) is 2.51. The van der Waals surface area contributed by atoms with E-state index in [9.17, 15) is 26.3 Å². The van der Waals surface area contributed by atoms with Gasteiger partial charge in [-0.05, 0) is 108 Å². The van der Waals surface area contributed by atoms with Crippen LogP contribution in [-0.4, -0.2) is 0 Å². The van der Waals surface area contributed by atoms with Gasteiger partial charge in [0.15, 0.2) is 0 Å². The molecule has 4 aromatic carbocycles. The van der Waals surface area contributed by atoms with E-state index >= 15 is 0 Å². The number of thiophene rings is 5. The van der Waals surface area contributed by atoms with Crippen LogP contribution in [0.5, 0.6) is 0 Å². The van der Waals surface area contributed by atoms with Gasteiger partial charge in [-0.15, -0.1) is 68.4 Å². The monoisotopic (exact) mass is 872 g/mol. The topological polar surface area (TPSA) is 0 Å². The third kappa shape index (κ3) is 6.77. The SMILES string of the molecule is CC1(c2ccc(-c3ccc(C(F)(F)F)cc3)s2)CC=C(c2ccc3c(c2)sc2c4ccc(-c5ccc(-c6ccc(-c7ccc(C(F)(F)F)cc7)s6)s5)cc4sc32)S1. The zero-order valence-corrected chi connectivity index (χ0v) is 34.4. The molecule has 1 aliphatic rings. The number of hydrogen-bond donors (Lipinski definition) is 0. The van der Waals surface area contributed by atoms with Crippen LogP contribution in [-0.2, 0) is 17.1 Å². The second kappa shape index (κ2) is 13.7. The highest BCUT2D eigenvalue weighted by atomic mass is 32.2. The first-order valence-electron chi connectivity index (χ1n) is 17.7. The van der Waals surface area contributed by atoms with Crippen LogP contribution in [0.25, 0.3) is 75.6 Å². The predicted octanol–water partition coefficient (Wildman–Crippen LogP) is 17.6. The molecule has 0 saturated carbocycles. The number of thioether (sulfide) groups is 1. The highest BCUT2D eigenvalue weighted by Crippen LogP contribution is 2.56. The van der Waals surface area contributed by atoms with Crippen LogP contribution in [0.15, 0.2) is 127 Å². The number of alkyl halides is 6. The van der Waals surface area contributed by atoms with Crippen LogP contribution in [0.4, 0.5) is 26.3 Å². The molecule has 0 fully saturated rings. The molecule has 0 N–H and O–H groups in total. The van der Waals surface area contributed by atoms with Crippen LogP contribution >= 0.6 is 68.4 Å². The molecule has 0 nitrogen and oxygen atoms in total. The lowest BCUT2D eigenvalue weighted by Crippen LogP contribution is -2.10. The molecule has 1 aliphatic heterocycles. The number of rotatable bonds is 6. The summed E-state index contributed by atoms with van der Waals surface area (Å²) in [5.41, 5.74) is 2.63. The minimum atomic E-state index is -4.35. The van der Waals surface area contributed by atoms with Gasteiger partial charge in [-0.25, -0.2) is 0 Å². The summed E-state index contributed by atoms with van der Waals surface area (Å²) in [5.74, 6) is 0. The minimum Gasteiger partial charge on any atom is -0.166 e. The zero-order chi connectivity index (χ0) is 39.3. The van der Waals surface area contributed by atoms with E-state index in [-0.39, 0.29) is 4.75 Å². The first-order chi connectivity index (χ1) is 27.3. The summed E-state index contributed by atoms with van der Waals surface area (Å²) >= 11 is 10.4. The Labute approximate surface area is 347 Å². The third-order valence-electron chi connectivity index (χ3n) is 10.2. The standard InChI is InChI=1S/C45H26F6S6/c1-43(40-19-18-33(54-40)25-4-10-29(11-5-25)45(49,50)51)21-20-35(57-43)27-7-13-31-39(23-27)56-41-30-12-6-26(22-38(30)55-42(31)41)34-15-17-37(53-34)36-16-14-32(52-36)24-2-8-28(9-3-24)44(46,47)48/h2-20,22-23H,21H2,1H3. The largest absolute Gasteiger partial charge is 0.416 e. The number of halogens is 6. The summed E-state index contributed by atoms with van der Waals surface area (Å²) in [6.45, 7) is 2.24. The summed E-state index contributed by atoms with van der Waals surface area (Å²) in [4.78, 5) is 7.70. The van der Waals surface area contributed by atoms with Crippen LogP contribution in [0.3, 0.4) is 0 Å². The molecular formula is C45H26F6S6. The Morgan fingerprint density at radius 3 is 1.44 bits per heavy atom. The number of hydrogen-bond acceptors (Lipinski definition) is 6. The normalized spacial score (nSPS) is 16.4. The minimum absolute atomic E-state index is 0.158. The Bertz CT molecular complexity index is 3000. The van der Waals surface area contributed by atoms with Gasteiger partial charge in [-0.1, -0.05) is 54.6 Å². The van der Waals surface area contributed by atoms with Gasteiger partial charge in [0.2, 0.25) is 0 Å². The Hall–Kier alpha value is -4.17. The fourth-order valence-corrected chi connectivity index (χ4v) is 14.6. The second-order valence-electron chi connectivity index (χ2n) is 14.0. The van der Waals surface area contributed by atoms with E-state index in [1.165, 1.54) is 57.1 Å². The van der Waals surface area contributed by atoms with E-state index < -0.39 is 23.5 Å². The first-order valence-corrected chi connectivity index (χ1v) is 22.6. The van der Waals surface area contributed by atoms with Crippen molar-refractivity contribution in [3.63, 3.8) is 0 Å². The summed E-state index contributed by atoms with van der Waals surface area (Å²) in [6.07, 6.45) is -5.52. The van der Waals surface area contributed by atoms with Crippen LogP contribution in [0.2, 0.25) is 0 Å². The first kappa shape index (κ1) is 37.1. The lowest BCUT2D eigenvalue weighted by atomic mass is 10.0. The molecule has 6 heterocycles. The van der Waals surface area contributed by atoms with Gasteiger partial charge >= 0.3 is 12.4 Å². The molecular weight excluding hydrogens is 847 g/mol. The maximum Gasteiger partial charge on any atom is 0.416 e. The zero-order valence-electron chi connectivity index (χ0n) is 29.5. The van der Waals surface area contributed by atoms with E-state index in [0.717, 1.165) is 71.8 Å². The fourth-order valence-electron chi connectivity index (χ4n) is 7.18. The lowest BCUT2D eigenvalue weighted by Gasteiger charge is -2.22. The van der Waals surface area contributed by atoms with E-state index in [2.05, 4.69) is 67.6 Å². The Kier molecular flexibility index (Phi) is 8.93. The maximum absolute atomic E-state index is 13.1. The van der Waals surface area contributed by atoms with Crippen LogP contribution in [0.1, 0.15) is 34.9 Å². The molecule has 1 unspecified atom stereocenters. The van der Waals surface area contributed by atoms with Gasteiger partial charge in [0.25, 0.3) is 0 Å². The molecule has 0 amide bonds. The molecule has 0 radical (unpaired) electrons. The van der Waals surface area contributed by atoms with Crippen molar-refractivity contribution in [2.24, 2.45) is 0 Å². The van der Waals surface area contributed by atoms with Gasteiger partial charge in [0.05, 0.1) is 25.3 Å². The van der Waals surface area contributed by atoms with Gasteiger partial charge in [0, 0.05) is 54.3 Å². The van der Waals surface area contributed by atoms with Gasteiger partial charge in [-0.3, -0.25) is 0 Å². The smallest absolute Gasteiger partial charge is 0.166 e. The molecule has 9 aromatic rings. The molecule has 0 aliphatic carbocycles. The van der Waals surface area contributed by atoms with Crippen molar-refractivity contribution < 1.29 is 26.3 Å². The number of fused-ring (bicyclic) bond motifs is 5. The molecule has 10 rings (SSSR count). The molecule has 0 spiro atoms. The average Bonchev–Trinajstić information content (AvgIpc) is 4.05.